The highest BCUT2D eigenvalue weighted by Crippen LogP contribution is 2.27. The minimum atomic E-state index is -3.99. The quantitative estimate of drug-likeness (QED) is 0.609. The van der Waals surface area contributed by atoms with Crippen LogP contribution in [0.1, 0.15) is 17.3 Å². The average molecular weight is 393 g/mol. The smallest absolute Gasteiger partial charge is 0.266 e. The number of sulfonamides is 1. The molecule has 0 bridgehead atoms. The second-order valence-corrected chi connectivity index (χ2v) is 7.02. The van der Waals surface area contributed by atoms with E-state index in [1.165, 1.54) is 63.6 Å². The molecule has 9 nitrogen and oxygen atoms in total. The number of hydrogen-bond acceptors (Lipinski definition) is 6. The van der Waals surface area contributed by atoms with Gasteiger partial charge in [0.05, 0.1) is 19.1 Å². The zero-order valence-corrected chi connectivity index (χ0v) is 15.7. The lowest BCUT2D eigenvalue weighted by atomic mass is 10.2. The molecule has 0 spiro atoms. The lowest BCUT2D eigenvalue weighted by Gasteiger charge is -2.11. The summed E-state index contributed by atoms with van der Waals surface area (Å²) in [5.41, 5.74) is 2.76. The van der Waals surface area contributed by atoms with Gasteiger partial charge < -0.3 is 14.8 Å². The Kier molecular flexibility index (Phi) is 6.37. The molecule has 0 heterocycles. The molecule has 0 aliphatic rings. The molecule has 0 saturated heterocycles. The average Bonchev–Trinajstić information content (AvgIpc) is 2.65. The van der Waals surface area contributed by atoms with Crippen molar-refractivity contribution in [1.82, 2.24) is 10.3 Å². The SMILES string of the molecule is COc1ccc(C(=O)NNS(=O)(=O)c2ccc(NC(C)=O)cc2)cc1OC. The Bertz CT molecular complexity index is 942. The van der Waals surface area contributed by atoms with Gasteiger partial charge in [0.2, 0.25) is 5.91 Å². The molecule has 3 N–H and O–H groups in total. The van der Waals surface area contributed by atoms with E-state index in [1.807, 2.05) is 4.83 Å². The Labute approximate surface area is 156 Å². The highest BCUT2D eigenvalue weighted by atomic mass is 32.2. The monoisotopic (exact) mass is 393 g/mol. The van der Waals surface area contributed by atoms with Gasteiger partial charge in [-0.1, -0.05) is 0 Å². The van der Waals surface area contributed by atoms with E-state index in [0.29, 0.717) is 17.2 Å². The number of ether oxygens (including phenoxy) is 2. The third kappa shape index (κ3) is 5.19. The standard InChI is InChI=1S/C17H19N3O6S/c1-11(21)18-13-5-7-14(8-6-13)27(23,24)20-19-17(22)12-4-9-15(25-2)16(10-12)26-3/h4-10,20H,1-3H3,(H,18,21)(H,19,22). The third-order valence-corrected chi connectivity index (χ3v) is 4.69. The fourth-order valence-electron chi connectivity index (χ4n) is 2.14. The number of methoxy groups -OCH3 is 2. The summed E-state index contributed by atoms with van der Waals surface area (Å²) in [6, 6.07) is 9.89. The largest absolute Gasteiger partial charge is 0.493 e. The van der Waals surface area contributed by atoms with E-state index in [2.05, 4.69) is 10.7 Å². The number of carbonyl (C=O) groups is 2. The second-order valence-electron chi connectivity index (χ2n) is 5.33. The van der Waals surface area contributed by atoms with Crippen molar-refractivity contribution in [2.75, 3.05) is 19.5 Å². The lowest BCUT2D eigenvalue weighted by Crippen LogP contribution is -2.41. The fraction of sp³-hybridized carbons (Fsp3) is 0.176. The van der Waals surface area contributed by atoms with Gasteiger partial charge in [0, 0.05) is 18.2 Å². The zero-order valence-electron chi connectivity index (χ0n) is 14.9. The Morgan fingerprint density at radius 2 is 1.56 bits per heavy atom. The van der Waals surface area contributed by atoms with Crippen molar-refractivity contribution in [3.05, 3.63) is 48.0 Å². The van der Waals surface area contributed by atoms with Crippen molar-refractivity contribution in [1.29, 1.82) is 0 Å². The molecule has 0 unspecified atom stereocenters. The van der Waals surface area contributed by atoms with E-state index in [1.54, 1.807) is 0 Å². The highest BCUT2D eigenvalue weighted by Gasteiger charge is 2.17. The van der Waals surface area contributed by atoms with Gasteiger partial charge in [-0.25, -0.2) is 8.42 Å². The number of carbonyl (C=O) groups excluding carboxylic acids is 2. The van der Waals surface area contributed by atoms with E-state index in [4.69, 9.17) is 9.47 Å². The molecule has 0 radical (unpaired) electrons. The molecular weight excluding hydrogens is 374 g/mol. The normalized spacial score (nSPS) is 10.8. The Hall–Kier alpha value is -3.11. The van der Waals surface area contributed by atoms with Gasteiger partial charge in [0.15, 0.2) is 11.5 Å². The van der Waals surface area contributed by atoms with Gasteiger partial charge in [0.25, 0.3) is 15.9 Å². The number of rotatable bonds is 7. The minimum Gasteiger partial charge on any atom is -0.493 e. The number of amides is 2. The highest BCUT2D eigenvalue weighted by molar-refractivity contribution is 7.89. The van der Waals surface area contributed by atoms with Gasteiger partial charge in [0.1, 0.15) is 0 Å². The van der Waals surface area contributed by atoms with Crippen molar-refractivity contribution < 1.29 is 27.5 Å². The van der Waals surface area contributed by atoms with Crippen LogP contribution in [-0.4, -0.2) is 34.5 Å². The number of hydrazine groups is 1. The van der Waals surface area contributed by atoms with Gasteiger partial charge in [-0.2, -0.15) is 0 Å². The topological polar surface area (TPSA) is 123 Å². The number of benzene rings is 2. The molecule has 2 aromatic rings. The van der Waals surface area contributed by atoms with Crippen LogP contribution in [-0.2, 0) is 14.8 Å². The van der Waals surface area contributed by atoms with Crippen LogP contribution in [0.25, 0.3) is 0 Å². The van der Waals surface area contributed by atoms with Crippen molar-refractivity contribution in [3.8, 4) is 11.5 Å². The van der Waals surface area contributed by atoms with Crippen LogP contribution in [0.5, 0.6) is 11.5 Å². The molecule has 10 heteroatoms. The van der Waals surface area contributed by atoms with Crippen LogP contribution in [0, 0.1) is 0 Å². The van der Waals surface area contributed by atoms with Crippen LogP contribution in [0.3, 0.4) is 0 Å². The van der Waals surface area contributed by atoms with Crippen molar-refractivity contribution in [2.24, 2.45) is 0 Å². The number of nitrogens with one attached hydrogen (secondary N) is 3. The summed E-state index contributed by atoms with van der Waals surface area (Å²) in [6.45, 7) is 1.34. The third-order valence-electron chi connectivity index (χ3n) is 3.43. The van der Waals surface area contributed by atoms with Crippen LogP contribution in [0.2, 0.25) is 0 Å². The fourth-order valence-corrected chi connectivity index (χ4v) is 2.98. The summed E-state index contributed by atoms with van der Waals surface area (Å²) >= 11 is 0. The van der Waals surface area contributed by atoms with Crippen molar-refractivity contribution in [3.63, 3.8) is 0 Å². The van der Waals surface area contributed by atoms with Crippen molar-refractivity contribution >= 4 is 27.5 Å². The summed E-state index contributed by atoms with van der Waals surface area (Å²) < 4.78 is 34.7. The number of hydrogen-bond donors (Lipinski definition) is 3. The first-order valence-corrected chi connectivity index (χ1v) is 9.17. The van der Waals surface area contributed by atoms with Gasteiger partial charge in [-0.05, 0) is 42.5 Å². The summed E-state index contributed by atoms with van der Waals surface area (Å²) in [6.07, 6.45) is 0. The molecule has 0 atom stereocenters. The van der Waals surface area contributed by atoms with Crippen molar-refractivity contribution in [2.45, 2.75) is 11.8 Å². The summed E-state index contributed by atoms with van der Waals surface area (Å²) in [7, 11) is -1.10. The first kappa shape index (κ1) is 20.2. The zero-order chi connectivity index (χ0) is 20.0. The number of anilines is 1. The molecule has 2 rings (SSSR count). The molecule has 27 heavy (non-hydrogen) atoms. The molecule has 0 fully saturated rings. The van der Waals surface area contributed by atoms with E-state index in [9.17, 15) is 18.0 Å². The predicted octanol–water partition coefficient (Wildman–Crippen LogP) is 1.29. The predicted molar refractivity (Wildman–Crippen MR) is 98.1 cm³/mol. The maximum atomic E-state index is 12.3. The maximum absolute atomic E-state index is 12.3. The van der Waals surface area contributed by atoms with Gasteiger partial charge >= 0.3 is 0 Å². The lowest BCUT2D eigenvalue weighted by molar-refractivity contribution is -0.114. The molecule has 0 aliphatic carbocycles. The molecule has 0 aliphatic heterocycles. The first-order valence-electron chi connectivity index (χ1n) is 7.68. The molecule has 2 amide bonds. The van der Waals surface area contributed by atoms with Crippen LogP contribution in [0.15, 0.2) is 47.4 Å². The summed E-state index contributed by atoms with van der Waals surface area (Å²) in [5.74, 6) is -0.171. The Balaban J connectivity index is 2.08. The van der Waals surface area contributed by atoms with E-state index in [-0.39, 0.29) is 16.4 Å². The Morgan fingerprint density at radius 1 is 0.926 bits per heavy atom. The van der Waals surface area contributed by atoms with E-state index < -0.39 is 15.9 Å². The van der Waals surface area contributed by atoms with E-state index >= 15 is 0 Å². The molecule has 0 saturated carbocycles. The Morgan fingerprint density at radius 3 is 2.11 bits per heavy atom. The minimum absolute atomic E-state index is 0.0794. The van der Waals surface area contributed by atoms with E-state index in [0.717, 1.165) is 0 Å². The molecule has 2 aromatic carbocycles. The molecule has 0 aromatic heterocycles. The first-order chi connectivity index (χ1) is 12.8. The summed E-state index contributed by atoms with van der Waals surface area (Å²) in [4.78, 5) is 25.1. The van der Waals surface area contributed by atoms with Crippen LogP contribution in [0.4, 0.5) is 5.69 Å². The molecule has 144 valence electrons. The second kappa shape index (κ2) is 8.52. The maximum Gasteiger partial charge on any atom is 0.266 e. The summed E-state index contributed by atoms with van der Waals surface area (Å²) in [5, 5.41) is 2.53. The van der Waals surface area contributed by atoms with Crippen LogP contribution < -0.4 is 25.0 Å². The molecular formula is C17H19N3O6S. The van der Waals surface area contributed by atoms with Gasteiger partial charge in [-0.15, -0.1) is 4.83 Å². The van der Waals surface area contributed by atoms with Crippen LogP contribution >= 0.6 is 0 Å². The van der Waals surface area contributed by atoms with Gasteiger partial charge in [-0.3, -0.25) is 15.0 Å².